The molecule has 0 amide bonds. The summed E-state index contributed by atoms with van der Waals surface area (Å²) in [6.45, 7) is 7.40. The molecule has 22 heavy (non-hydrogen) atoms. The van der Waals surface area contributed by atoms with Gasteiger partial charge in [0, 0.05) is 23.1 Å². The average Bonchev–Trinajstić information content (AvgIpc) is 2.49. The molecule has 0 saturated carbocycles. The van der Waals surface area contributed by atoms with Crippen molar-refractivity contribution in [3.63, 3.8) is 0 Å². The summed E-state index contributed by atoms with van der Waals surface area (Å²) in [5, 5.41) is 10.9. The maximum Gasteiger partial charge on any atom is 0.336 e. The Morgan fingerprint density at radius 3 is 2.55 bits per heavy atom. The van der Waals surface area contributed by atoms with E-state index in [1.807, 2.05) is 13.0 Å². The molecule has 3 N–H and O–H groups in total. The zero-order valence-corrected chi connectivity index (χ0v) is 13.2. The van der Waals surface area contributed by atoms with E-state index < -0.39 is 0 Å². The van der Waals surface area contributed by atoms with Crippen molar-refractivity contribution in [2.24, 2.45) is 0 Å². The van der Waals surface area contributed by atoms with Gasteiger partial charge in [-0.2, -0.15) is 0 Å². The number of aryl methyl sites for hydroxylation is 1. The van der Waals surface area contributed by atoms with Crippen molar-refractivity contribution in [3.05, 3.63) is 39.7 Å². The van der Waals surface area contributed by atoms with Crippen molar-refractivity contribution >= 4 is 11.0 Å². The number of benzene rings is 1. The molecule has 118 valence electrons. The van der Waals surface area contributed by atoms with E-state index in [4.69, 9.17) is 4.42 Å². The molecule has 3 rings (SSSR count). The Morgan fingerprint density at radius 2 is 1.86 bits per heavy atom. The van der Waals surface area contributed by atoms with E-state index in [2.05, 4.69) is 7.05 Å². The summed E-state index contributed by atoms with van der Waals surface area (Å²) in [7, 11) is 2.22. The molecule has 2 aromatic rings. The maximum absolute atomic E-state index is 11.8. The number of aromatic hydroxyl groups is 1. The van der Waals surface area contributed by atoms with E-state index in [1.54, 1.807) is 17.0 Å². The number of hydrogen-bond acceptors (Lipinski definition) is 3. The van der Waals surface area contributed by atoms with Crippen molar-refractivity contribution < 1.29 is 19.3 Å². The van der Waals surface area contributed by atoms with Crippen LogP contribution in [0.4, 0.5) is 0 Å². The number of likely N-dealkylation sites (N-methyl/N-ethyl adjacent to an activating group) is 1. The third kappa shape index (κ3) is 3.00. The highest BCUT2D eigenvalue weighted by atomic mass is 16.4. The summed E-state index contributed by atoms with van der Waals surface area (Å²) < 4.78 is 5.26. The topological polar surface area (TPSA) is 59.3 Å². The Hall–Kier alpha value is -1.85. The summed E-state index contributed by atoms with van der Waals surface area (Å²) in [6, 6.07) is 5.14. The number of rotatable bonds is 3. The molecular weight excluding hydrogens is 280 g/mol. The zero-order chi connectivity index (χ0) is 15.7. The fourth-order valence-electron chi connectivity index (χ4n) is 3.21. The molecule has 0 spiro atoms. The SMILES string of the molecule is CCc1cc2c(C[NH+]3CC[NH+](C)CC3)cc(=O)oc2cc1O. The number of hydrogen-bond donors (Lipinski definition) is 3. The molecule has 0 radical (unpaired) electrons. The fourth-order valence-corrected chi connectivity index (χ4v) is 3.21. The predicted molar refractivity (Wildman–Crippen MR) is 84.5 cm³/mol. The lowest BCUT2D eigenvalue weighted by Crippen LogP contribution is -3.26. The summed E-state index contributed by atoms with van der Waals surface area (Å²) in [6.07, 6.45) is 0.755. The van der Waals surface area contributed by atoms with Gasteiger partial charge in [0.05, 0.1) is 7.05 Å². The first-order valence-electron chi connectivity index (χ1n) is 8.00. The Bertz CT molecular complexity index is 730. The molecule has 1 fully saturated rings. The molecule has 1 saturated heterocycles. The second-order valence-corrected chi connectivity index (χ2v) is 6.31. The Balaban J connectivity index is 1.98. The number of piperazine rings is 1. The highest BCUT2D eigenvalue weighted by Crippen LogP contribution is 2.26. The second kappa shape index (κ2) is 6.10. The quantitative estimate of drug-likeness (QED) is 0.636. The lowest BCUT2D eigenvalue weighted by Gasteiger charge is -2.27. The molecule has 2 heterocycles. The van der Waals surface area contributed by atoms with Gasteiger partial charge in [-0.3, -0.25) is 0 Å². The largest absolute Gasteiger partial charge is 0.508 e. The summed E-state index contributed by atoms with van der Waals surface area (Å²) >= 11 is 0. The van der Waals surface area contributed by atoms with Crippen LogP contribution < -0.4 is 15.4 Å². The van der Waals surface area contributed by atoms with Crippen LogP contribution in [-0.2, 0) is 13.0 Å². The summed E-state index contributed by atoms with van der Waals surface area (Å²) in [5.74, 6) is 0.200. The van der Waals surface area contributed by atoms with Gasteiger partial charge in [-0.15, -0.1) is 0 Å². The fraction of sp³-hybridized carbons (Fsp3) is 0.471. The number of fused-ring (bicyclic) bond motifs is 1. The van der Waals surface area contributed by atoms with E-state index in [9.17, 15) is 9.90 Å². The smallest absolute Gasteiger partial charge is 0.336 e. The van der Waals surface area contributed by atoms with Crippen molar-refractivity contribution in [2.45, 2.75) is 19.9 Å². The van der Waals surface area contributed by atoms with Crippen LogP contribution in [0.1, 0.15) is 18.1 Å². The second-order valence-electron chi connectivity index (χ2n) is 6.31. The molecule has 0 bridgehead atoms. The van der Waals surface area contributed by atoms with Crippen molar-refractivity contribution in [1.82, 2.24) is 0 Å². The van der Waals surface area contributed by atoms with Crippen LogP contribution in [0.15, 0.2) is 27.4 Å². The van der Waals surface area contributed by atoms with Gasteiger partial charge in [0.15, 0.2) is 0 Å². The first kappa shape index (κ1) is 15.1. The van der Waals surface area contributed by atoms with Gasteiger partial charge in [0.1, 0.15) is 44.1 Å². The van der Waals surface area contributed by atoms with Crippen LogP contribution in [0.3, 0.4) is 0 Å². The lowest BCUT2D eigenvalue weighted by molar-refractivity contribution is -1.01. The van der Waals surface area contributed by atoms with Crippen LogP contribution in [0.5, 0.6) is 5.75 Å². The summed E-state index contributed by atoms with van der Waals surface area (Å²) in [4.78, 5) is 14.9. The molecule has 1 aromatic heterocycles. The third-order valence-electron chi connectivity index (χ3n) is 4.66. The Morgan fingerprint density at radius 1 is 1.14 bits per heavy atom. The summed E-state index contributed by atoms with van der Waals surface area (Å²) in [5.41, 5.74) is 2.05. The molecular formula is C17H24N2O3+2. The van der Waals surface area contributed by atoms with E-state index in [-0.39, 0.29) is 11.4 Å². The van der Waals surface area contributed by atoms with Crippen LogP contribution in [0, 0.1) is 0 Å². The van der Waals surface area contributed by atoms with Gasteiger partial charge >= 0.3 is 5.63 Å². The minimum atomic E-state index is -0.342. The predicted octanol–water partition coefficient (Wildman–Crippen LogP) is -1.03. The van der Waals surface area contributed by atoms with E-state index in [1.165, 1.54) is 4.90 Å². The minimum absolute atomic E-state index is 0.200. The Kier molecular flexibility index (Phi) is 4.18. The highest BCUT2D eigenvalue weighted by molar-refractivity contribution is 5.82. The number of phenols is 1. The zero-order valence-electron chi connectivity index (χ0n) is 13.2. The molecule has 1 aliphatic heterocycles. The van der Waals surface area contributed by atoms with E-state index in [0.29, 0.717) is 5.58 Å². The molecule has 0 aliphatic carbocycles. The molecule has 1 aromatic carbocycles. The van der Waals surface area contributed by atoms with E-state index in [0.717, 1.165) is 55.7 Å². The monoisotopic (exact) mass is 304 g/mol. The maximum atomic E-state index is 11.8. The van der Waals surface area contributed by atoms with Crippen LogP contribution in [0.2, 0.25) is 0 Å². The first-order chi connectivity index (χ1) is 10.6. The average molecular weight is 304 g/mol. The van der Waals surface area contributed by atoms with Crippen molar-refractivity contribution in [1.29, 1.82) is 0 Å². The number of phenolic OH excluding ortho intramolecular Hbond substituents is 1. The first-order valence-corrected chi connectivity index (χ1v) is 8.00. The Labute approximate surface area is 129 Å². The van der Waals surface area contributed by atoms with Crippen LogP contribution in [-0.4, -0.2) is 38.3 Å². The van der Waals surface area contributed by atoms with Crippen LogP contribution >= 0.6 is 0 Å². The van der Waals surface area contributed by atoms with Crippen molar-refractivity contribution in [2.75, 3.05) is 33.2 Å². The van der Waals surface area contributed by atoms with Crippen LogP contribution in [0.25, 0.3) is 11.0 Å². The number of nitrogens with one attached hydrogen (secondary N) is 2. The molecule has 1 aliphatic rings. The molecule has 5 nitrogen and oxygen atoms in total. The van der Waals surface area contributed by atoms with Gasteiger partial charge in [-0.25, -0.2) is 4.79 Å². The van der Waals surface area contributed by atoms with Gasteiger partial charge in [0.25, 0.3) is 0 Å². The highest BCUT2D eigenvalue weighted by Gasteiger charge is 2.21. The van der Waals surface area contributed by atoms with E-state index >= 15 is 0 Å². The lowest BCUT2D eigenvalue weighted by atomic mass is 10.0. The molecule has 0 unspecified atom stereocenters. The molecule has 0 atom stereocenters. The van der Waals surface area contributed by atoms with Gasteiger partial charge in [0.2, 0.25) is 0 Å². The standard InChI is InChI=1S/C17H22N2O3/c1-3-12-8-14-13(11-19-6-4-18(2)5-7-19)9-17(21)22-16(14)10-15(12)20/h8-10,20H,3-7,11H2,1-2H3/p+2. The third-order valence-corrected chi connectivity index (χ3v) is 4.66. The normalized spacial score (nSPS) is 22.1. The number of quaternary nitrogens is 2. The molecule has 5 heteroatoms. The van der Waals surface area contributed by atoms with Gasteiger partial charge in [-0.05, 0) is 18.1 Å². The van der Waals surface area contributed by atoms with Gasteiger partial charge < -0.3 is 19.3 Å². The van der Waals surface area contributed by atoms with Gasteiger partial charge in [-0.1, -0.05) is 6.92 Å². The minimum Gasteiger partial charge on any atom is -0.508 e. The van der Waals surface area contributed by atoms with Crippen molar-refractivity contribution in [3.8, 4) is 5.75 Å².